The summed E-state index contributed by atoms with van der Waals surface area (Å²) in [5.41, 5.74) is 2.05. The summed E-state index contributed by atoms with van der Waals surface area (Å²) in [6.45, 7) is 1.72. The van der Waals surface area contributed by atoms with Crippen LogP contribution in [0, 0.1) is 5.92 Å². The number of rotatable bonds is 2. The number of imidazole rings is 1. The minimum atomic E-state index is -1.14. The van der Waals surface area contributed by atoms with Gasteiger partial charge in [0.05, 0.1) is 12.0 Å². The van der Waals surface area contributed by atoms with Gasteiger partial charge in [0.15, 0.2) is 6.10 Å². The number of carbonyl (C=O) groups is 3. The predicted molar refractivity (Wildman–Crippen MR) is 91.2 cm³/mol. The van der Waals surface area contributed by atoms with Crippen LogP contribution in [0.15, 0.2) is 60.2 Å². The molecule has 0 saturated heterocycles. The SMILES string of the molecule is CC1C(c2ccc(-n3ccnc3)cc2)=NN2OC(=O)/C=C/C(=O)OC1C2=O. The standard InChI is InChI=1S/C18H14N4O5/c1-11-16(12-2-4-13(5-3-12)21-9-8-19-10-21)20-22-18(25)17(11)26-14(23)6-7-15(24)27-22/h2-11,17H,1H3/b7-6+. The molecule has 2 unspecified atom stereocenters. The number of aromatic nitrogens is 2. The average molecular weight is 366 g/mol. The zero-order chi connectivity index (χ0) is 19.0. The molecule has 1 amide bonds. The summed E-state index contributed by atoms with van der Waals surface area (Å²) in [4.78, 5) is 44.9. The van der Waals surface area contributed by atoms with Crippen LogP contribution in [0.4, 0.5) is 0 Å². The lowest BCUT2D eigenvalue weighted by Crippen LogP contribution is -2.49. The molecule has 0 N–H and O–H groups in total. The first-order valence-corrected chi connectivity index (χ1v) is 8.15. The van der Waals surface area contributed by atoms with Crippen molar-refractivity contribution >= 4 is 23.6 Å². The highest BCUT2D eigenvalue weighted by Gasteiger charge is 2.42. The molecular weight excluding hydrogens is 352 g/mol. The third-order valence-corrected chi connectivity index (χ3v) is 4.26. The highest BCUT2D eigenvalue weighted by molar-refractivity contribution is 6.08. The Bertz CT molecular complexity index is 962. The third-order valence-electron chi connectivity index (χ3n) is 4.26. The molecule has 9 nitrogen and oxygen atoms in total. The molecule has 2 atom stereocenters. The van der Waals surface area contributed by atoms with Gasteiger partial charge in [-0.3, -0.25) is 4.79 Å². The Hall–Kier alpha value is -3.75. The molecule has 0 aliphatic carbocycles. The Labute approximate surface area is 153 Å². The van der Waals surface area contributed by atoms with Crippen LogP contribution in [-0.2, 0) is 24.0 Å². The summed E-state index contributed by atoms with van der Waals surface area (Å²) < 4.78 is 7.05. The number of amides is 1. The molecule has 0 fully saturated rings. The average Bonchev–Trinajstić information content (AvgIpc) is 3.20. The zero-order valence-corrected chi connectivity index (χ0v) is 14.2. The molecule has 2 aromatic rings. The Morgan fingerprint density at radius 2 is 1.78 bits per heavy atom. The van der Waals surface area contributed by atoms with Crippen LogP contribution in [0.25, 0.3) is 5.69 Å². The van der Waals surface area contributed by atoms with Crippen molar-refractivity contribution in [2.45, 2.75) is 13.0 Å². The second kappa shape index (κ2) is 6.52. The van der Waals surface area contributed by atoms with E-state index in [9.17, 15) is 14.4 Å². The number of hydrogen-bond donors (Lipinski definition) is 0. The minimum Gasteiger partial charge on any atom is -0.448 e. The number of hydroxylamine groups is 1. The summed E-state index contributed by atoms with van der Waals surface area (Å²) in [7, 11) is 0. The maximum atomic E-state index is 12.4. The summed E-state index contributed by atoms with van der Waals surface area (Å²) in [6, 6.07) is 7.36. The van der Waals surface area contributed by atoms with Crippen molar-refractivity contribution in [1.82, 2.24) is 14.7 Å². The summed E-state index contributed by atoms with van der Waals surface area (Å²) in [5, 5.41) is 4.74. The van der Waals surface area contributed by atoms with Crippen LogP contribution < -0.4 is 0 Å². The van der Waals surface area contributed by atoms with Crippen molar-refractivity contribution in [1.29, 1.82) is 0 Å². The van der Waals surface area contributed by atoms with Crippen LogP contribution in [0.3, 0.4) is 0 Å². The van der Waals surface area contributed by atoms with E-state index in [4.69, 9.17) is 9.57 Å². The Morgan fingerprint density at radius 1 is 1.04 bits per heavy atom. The van der Waals surface area contributed by atoms with E-state index in [1.807, 2.05) is 35.0 Å². The van der Waals surface area contributed by atoms with Crippen molar-refractivity contribution in [3.8, 4) is 5.69 Å². The van der Waals surface area contributed by atoms with E-state index in [0.29, 0.717) is 16.4 Å². The van der Waals surface area contributed by atoms with E-state index >= 15 is 0 Å². The molecule has 4 rings (SSSR count). The number of nitrogens with zero attached hydrogens (tertiary/aromatic N) is 4. The lowest BCUT2D eigenvalue weighted by atomic mass is 9.91. The molecule has 9 heteroatoms. The number of benzene rings is 1. The minimum absolute atomic E-state index is 0.458. The fourth-order valence-corrected chi connectivity index (χ4v) is 2.88. The topological polar surface area (TPSA) is 103 Å². The lowest BCUT2D eigenvalue weighted by molar-refractivity contribution is -0.203. The number of carbonyl (C=O) groups excluding carboxylic acids is 3. The van der Waals surface area contributed by atoms with Gasteiger partial charge in [-0.15, -0.1) is 5.10 Å². The quantitative estimate of drug-likeness (QED) is 0.735. The van der Waals surface area contributed by atoms with Crippen LogP contribution >= 0.6 is 0 Å². The smallest absolute Gasteiger partial charge is 0.358 e. The third kappa shape index (κ3) is 3.10. The van der Waals surface area contributed by atoms with Gasteiger partial charge in [-0.2, -0.15) is 0 Å². The largest absolute Gasteiger partial charge is 0.448 e. The number of esters is 1. The predicted octanol–water partition coefficient (Wildman–Crippen LogP) is 0.994. The highest BCUT2D eigenvalue weighted by atomic mass is 16.7. The maximum absolute atomic E-state index is 12.4. The van der Waals surface area contributed by atoms with E-state index < -0.39 is 29.9 Å². The number of hydrazone groups is 1. The fraction of sp³-hybridized carbons (Fsp3) is 0.167. The normalized spacial score (nSPS) is 23.5. The van der Waals surface area contributed by atoms with Gasteiger partial charge in [-0.05, 0) is 22.9 Å². The van der Waals surface area contributed by atoms with Crippen molar-refractivity contribution in [2.24, 2.45) is 11.0 Å². The number of fused-ring (bicyclic) bond motifs is 2. The lowest BCUT2D eigenvalue weighted by Gasteiger charge is -2.31. The molecular formula is C18H14N4O5. The monoisotopic (exact) mass is 366 g/mol. The van der Waals surface area contributed by atoms with Crippen molar-refractivity contribution in [2.75, 3.05) is 0 Å². The van der Waals surface area contributed by atoms with Gasteiger partial charge in [0.2, 0.25) is 0 Å². The summed E-state index contributed by atoms with van der Waals surface area (Å²) in [5.74, 6) is -2.93. The molecule has 2 bridgehead atoms. The van der Waals surface area contributed by atoms with Gasteiger partial charge < -0.3 is 14.1 Å². The van der Waals surface area contributed by atoms with E-state index in [0.717, 1.165) is 17.8 Å². The number of ether oxygens (including phenoxy) is 1. The first kappa shape index (κ1) is 16.7. The molecule has 27 heavy (non-hydrogen) atoms. The molecule has 2 aliphatic heterocycles. The number of hydrogen-bond acceptors (Lipinski definition) is 7. The van der Waals surface area contributed by atoms with Crippen LogP contribution in [-0.4, -0.2) is 44.4 Å². The maximum Gasteiger partial charge on any atom is 0.358 e. The van der Waals surface area contributed by atoms with Crippen LogP contribution in [0.2, 0.25) is 0 Å². The van der Waals surface area contributed by atoms with E-state index in [2.05, 4.69) is 10.1 Å². The molecule has 3 heterocycles. The zero-order valence-electron chi connectivity index (χ0n) is 14.2. The first-order valence-electron chi connectivity index (χ1n) is 8.15. The Balaban J connectivity index is 1.71. The van der Waals surface area contributed by atoms with Gasteiger partial charge >= 0.3 is 17.8 Å². The molecule has 1 aromatic carbocycles. The molecule has 136 valence electrons. The Kier molecular flexibility index (Phi) is 4.03. The molecule has 0 radical (unpaired) electrons. The summed E-state index contributed by atoms with van der Waals surface area (Å²) in [6.07, 6.45) is 5.82. The molecule has 0 saturated carbocycles. The van der Waals surface area contributed by atoms with Gasteiger partial charge in [0.1, 0.15) is 0 Å². The highest BCUT2D eigenvalue weighted by Crippen LogP contribution is 2.25. The molecule has 1 aromatic heterocycles. The second-order valence-electron chi connectivity index (χ2n) is 6.00. The Morgan fingerprint density at radius 3 is 2.48 bits per heavy atom. The molecule has 0 spiro atoms. The van der Waals surface area contributed by atoms with E-state index in [1.165, 1.54) is 0 Å². The van der Waals surface area contributed by atoms with Gasteiger partial charge in [0, 0.05) is 36.2 Å². The van der Waals surface area contributed by atoms with Gasteiger partial charge in [-0.25, -0.2) is 14.6 Å². The van der Waals surface area contributed by atoms with Crippen LogP contribution in [0.1, 0.15) is 12.5 Å². The summed E-state index contributed by atoms with van der Waals surface area (Å²) >= 11 is 0. The molecule has 2 aliphatic rings. The van der Waals surface area contributed by atoms with Crippen molar-refractivity contribution in [3.05, 3.63) is 60.7 Å². The van der Waals surface area contributed by atoms with Crippen molar-refractivity contribution < 1.29 is 24.0 Å². The fourth-order valence-electron chi connectivity index (χ4n) is 2.88. The van der Waals surface area contributed by atoms with Gasteiger partial charge in [-0.1, -0.05) is 19.1 Å². The first-order chi connectivity index (χ1) is 13.0. The van der Waals surface area contributed by atoms with E-state index in [1.54, 1.807) is 19.4 Å². The van der Waals surface area contributed by atoms with Crippen LogP contribution in [0.5, 0.6) is 0 Å². The second-order valence-corrected chi connectivity index (χ2v) is 6.00. The van der Waals surface area contributed by atoms with Gasteiger partial charge in [0.25, 0.3) is 0 Å². The van der Waals surface area contributed by atoms with E-state index in [-0.39, 0.29) is 0 Å². The van der Waals surface area contributed by atoms with Crippen molar-refractivity contribution in [3.63, 3.8) is 0 Å².